The van der Waals surface area contributed by atoms with Crippen molar-refractivity contribution in [2.24, 2.45) is 49.3 Å². The third-order valence-electron chi connectivity index (χ3n) is 5.10. The van der Waals surface area contributed by atoms with E-state index in [0.717, 1.165) is 35.2 Å². The molecule has 0 saturated carbocycles. The molecule has 172 valence electrons. The van der Waals surface area contributed by atoms with E-state index >= 15 is 0 Å². The van der Waals surface area contributed by atoms with Crippen molar-refractivity contribution in [3.8, 4) is 0 Å². The zero-order chi connectivity index (χ0) is 24.0. The van der Waals surface area contributed by atoms with Crippen LogP contribution in [0.5, 0.6) is 0 Å². The lowest BCUT2D eigenvalue weighted by Crippen LogP contribution is -2.24. The Kier molecular flexibility index (Phi) is 7.24. The van der Waals surface area contributed by atoms with E-state index in [1.54, 1.807) is 19.1 Å². The fourth-order valence-corrected chi connectivity index (χ4v) is 3.45. The first-order valence-corrected chi connectivity index (χ1v) is 10.3. The van der Waals surface area contributed by atoms with E-state index in [1.807, 2.05) is 30.3 Å². The van der Waals surface area contributed by atoms with Gasteiger partial charge < -0.3 is 33.6 Å². The molecular weight excluding hydrogens is 420 g/mol. The number of fused-ring (bicyclic) bond motifs is 1. The first-order valence-electron chi connectivity index (χ1n) is 10.3. The topological polar surface area (TPSA) is 195 Å². The normalized spacial score (nSPS) is 16.5. The summed E-state index contributed by atoms with van der Waals surface area (Å²) in [5, 5.41) is 21.3. The minimum atomic E-state index is -0.354. The van der Waals surface area contributed by atoms with Crippen LogP contribution in [-0.4, -0.2) is 29.4 Å². The highest BCUT2D eigenvalue weighted by Crippen LogP contribution is 2.28. The van der Waals surface area contributed by atoms with Crippen LogP contribution >= 0.6 is 0 Å². The molecule has 0 spiro atoms. The fourth-order valence-electron chi connectivity index (χ4n) is 3.45. The van der Waals surface area contributed by atoms with Crippen molar-refractivity contribution in [3.05, 3.63) is 59.2 Å². The number of amides is 2. The number of nitrogens with zero attached hydrogens (tertiary/aromatic N) is 4. The third-order valence-corrected chi connectivity index (χ3v) is 5.10. The molecule has 2 aromatic carbocycles. The van der Waals surface area contributed by atoms with Crippen LogP contribution in [0.25, 0.3) is 0 Å². The number of nitrogens with two attached hydrogens (primary N) is 4. The molecule has 0 bridgehead atoms. The largest absolute Gasteiger partial charge is 0.369 e. The lowest BCUT2D eigenvalue weighted by molar-refractivity contribution is 0.262. The Balaban J connectivity index is 1.68. The van der Waals surface area contributed by atoms with Crippen LogP contribution in [0.3, 0.4) is 0 Å². The molecular formula is C22H28N10O. The zero-order valence-corrected chi connectivity index (χ0v) is 18.5. The van der Waals surface area contributed by atoms with Gasteiger partial charge in [0.25, 0.3) is 0 Å². The molecule has 3 rings (SSSR count). The van der Waals surface area contributed by atoms with Gasteiger partial charge in [-0.15, -0.1) is 10.2 Å². The van der Waals surface area contributed by atoms with Gasteiger partial charge in [0.05, 0.1) is 11.4 Å². The summed E-state index contributed by atoms with van der Waals surface area (Å²) in [6.45, 7) is 3.87. The molecule has 0 saturated heterocycles. The van der Waals surface area contributed by atoms with Crippen LogP contribution in [0.2, 0.25) is 0 Å². The lowest BCUT2D eigenvalue weighted by Gasteiger charge is -2.23. The highest BCUT2D eigenvalue weighted by Gasteiger charge is 2.23. The minimum absolute atomic E-state index is 0.0824. The minimum Gasteiger partial charge on any atom is -0.369 e. The number of guanidine groups is 2. The van der Waals surface area contributed by atoms with Crippen LogP contribution in [0.4, 0.5) is 16.2 Å². The second-order valence-electron chi connectivity index (χ2n) is 7.69. The molecule has 0 aliphatic heterocycles. The van der Waals surface area contributed by atoms with Gasteiger partial charge in [0.2, 0.25) is 11.9 Å². The fraction of sp³-hybridized carbons (Fsp3) is 0.227. The Morgan fingerprint density at radius 1 is 0.909 bits per heavy atom. The summed E-state index contributed by atoms with van der Waals surface area (Å²) in [4.78, 5) is 12.5. The van der Waals surface area contributed by atoms with E-state index < -0.39 is 0 Å². The summed E-state index contributed by atoms with van der Waals surface area (Å²) in [7, 11) is 0. The number of benzene rings is 2. The maximum atomic E-state index is 12.5. The maximum absolute atomic E-state index is 12.5. The number of nitrogens with one attached hydrogen (secondary N) is 2. The molecule has 0 radical (unpaired) electrons. The van der Waals surface area contributed by atoms with Crippen molar-refractivity contribution in [1.29, 1.82) is 0 Å². The SMILES string of the molecule is C/C(=N/N=C(N)N)c1ccc(NC(=O)Nc2ccc3c(c2)CCC(C)/C3=N/N=C(N)N)cc1. The van der Waals surface area contributed by atoms with Crippen molar-refractivity contribution in [1.82, 2.24) is 0 Å². The Hall–Kier alpha value is -4.41. The van der Waals surface area contributed by atoms with E-state index in [4.69, 9.17) is 22.9 Å². The van der Waals surface area contributed by atoms with E-state index in [0.29, 0.717) is 17.1 Å². The lowest BCUT2D eigenvalue weighted by atomic mass is 9.83. The molecule has 0 fully saturated rings. The van der Waals surface area contributed by atoms with Crippen LogP contribution < -0.4 is 33.6 Å². The molecule has 33 heavy (non-hydrogen) atoms. The second kappa shape index (κ2) is 10.3. The van der Waals surface area contributed by atoms with Gasteiger partial charge in [-0.25, -0.2) is 4.79 Å². The van der Waals surface area contributed by atoms with Gasteiger partial charge in [-0.1, -0.05) is 25.1 Å². The number of anilines is 2. The molecule has 1 unspecified atom stereocenters. The summed E-state index contributed by atoms with van der Waals surface area (Å²) in [6.07, 6.45) is 1.79. The van der Waals surface area contributed by atoms with Crippen LogP contribution in [0.15, 0.2) is 62.9 Å². The van der Waals surface area contributed by atoms with E-state index in [1.165, 1.54) is 0 Å². The maximum Gasteiger partial charge on any atom is 0.323 e. The number of carbonyl (C=O) groups excluding carboxylic acids is 1. The predicted octanol–water partition coefficient (Wildman–Crippen LogP) is 1.89. The molecule has 0 heterocycles. The number of hydrogen-bond donors (Lipinski definition) is 6. The zero-order valence-electron chi connectivity index (χ0n) is 18.5. The van der Waals surface area contributed by atoms with E-state index in [-0.39, 0.29) is 23.9 Å². The highest BCUT2D eigenvalue weighted by molar-refractivity contribution is 6.06. The molecule has 2 aromatic rings. The Bertz CT molecular complexity index is 1140. The monoisotopic (exact) mass is 448 g/mol. The summed E-state index contributed by atoms with van der Waals surface area (Å²) >= 11 is 0. The summed E-state index contributed by atoms with van der Waals surface area (Å²) in [5.74, 6) is 0.0399. The van der Waals surface area contributed by atoms with Gasteiger partial charge in [-0.2, -0.15) is 10.2 Å². The summed E-state index contributed by atoms with van der Waals surface area (Å²) in [6, 6.07) is 12.5. The predicted molar refractivity (Wildman–Crippen MR) is 133 cm³/mol. The van der Waals surface area contributed by atoms with E-state index in [9.17, 15) is 4.79 Å². The Morgan fingerprint density at radius 3 is 2.21 bits per heavy atom. The van der Waals surface area contributed by atoms with Crippen molar-refractivity contribution in [2.45, 2.75) is 26.7 Å². The standard InChI is InChI=1S/C22H28N10O/c1-12-3-4-15-11-17(9-10-18(15)19(12)30-32-21(25)26)28-22(33)27-16-7-5-14(6-8-16)13(2)29-31-20(23)24/h5-12H,3-4H2,1-2H3,(H4,23,24,31)(H4,25,26,32)(H2,27,28,33)/b29-13-,30-19-. The average molecular weight is 449 g/mol. The van der Waals surface area contributed by atoms with Gasteiger partial charge in [-0.05, 0) is 55.2 Å². The second-order valence-corrected chi connectivity index (χ2v) is 7.69. The van der Waals surface area contributed by atoms with Gasteiger partial charge in [0.1, 0.15) is 0 Å². The Morgan fingerprint density at radius 2 is 1.55 bits per heavy atom. The summed E-state index contributed by atoms with van der Waals surface area (Å²) in [5.41, 5.74) is 27.1. The molecule has 1 aliphatic rings. The molecule has 10 N–H and O–H groups in total. The molecule has 0 aromatic heterocycles. The van der Waals surface area contributed by atoms with Crippen molar-refractivity contribution >= 4 is 40.7 Å². The first-order chi connectivity index (χ1) is 15.7. The molecule has 11 heteroatoms. The number of hydrogen-bond acceptors (Lipinski definition) is 5. The van der Waals surface area contributed by atoms with Gasteiger partial charge in [-0.3, -0.25) is 0 Å². The third kappa shape index (κ3) is 6.29. The highest BCUT2D eigenvalue weighted by atomic mass is 16.2. The van der Waals surface area contributed by atoms with Crippen LogP contribution in [0.1, 0.15) is 37.0 Å². The van der Waals surface area contributed by atoms with Gasteiger partial charge >= 0.3 is 6.03 Å². The number of urea groups is 1. The number of rotatable bonds is 5. The number of carbonyl (C=O) groups is 1. The summed E-state index contributed by atoms with van der Waals surface area (Å²) < 4.78 is 0. The van der Waals surface area contributed by atoms with Crippen LogP contribution in [-0.2, 0) is 6.42 Å². The van der Waals surface area contributed by atoms with Gasteiger partial charge in [0.15, 0.2) is 0 Å². The van der Waals surface area contributed by atoms with Crippen molar-refractivity contribution in [3.63, 3.8) is 0 Å². The quantitative estimate of drug-likeness (QED) is 0.230. The first kappa shape index (κ1) is 23.3. The smallest absolute Gasteiger partial charge is 0.323 e. The number of aryl methyl sites for hydroxylation is 1. The molecule has 1 atom stereocenters. The van der Waals surface area contributed by atoms with Crippen LogP contribution in [0, 0.1) is 5.92 Å². The molecule has 2 amide bonds. The Labute approximate surface area is 191 Å². The molecule has 11 nitrogen and oxygen atoms in total. The van der Waals surface area contributed by atoms with Crippen molar-refractivity contribution in [2.75, 3.05) is 10.6 Å². The molecule has 1 aliphatic carbocycles. The van der Waals surface area contributed by atoms with E-state index in [2.05, 4.69) is 38.0 Å². The van der Waals surface area contributed by atoms with Crippen molar-refractivity contribution < 1.29 is 4.79 Å². The van der Waals surface area contributed by atoms with Gasteiger partial charge in [0, 0.05) is 22.9 Å². The average Bonchev–Trinajstić information content (AvgIpc) is 2.77.